The standard InChI is InChI=1S/C10H15N5/c1-6(4-11)13-10-9(5-12)7(2)8(3)14-15-10/h6H,4,11H2,1-3H3,(H,13,15). The lowest BCUT2D eigenvalue weighted by Crippen LogP contribution is -2.26. The summed E-state index contributed by atoms with van der Waals surface area (Å²) in [6.45, 7) is 6.11. The third-order valence-corrected chi connectivity index (χ3v) is 2.30. The van der Waals surface area contributed by atoms with Gasteiger partial charge in [-0.25, -0.2) is 0 Å². The summed E-state index contributed by atoms with van der Waals surface area (Å²) in [6.07, 6.45) is 0. The van der Waals surface area contributed by atoms with Gasteiger partial charge in [-0.15, -0.1) is 5.10 Å². The molecular weight excluding hydrogens is 190 g/mol. The van der Waals surface area contributed by atoms with Gasteiger partial charge in [0.15, 0.2) is 5.82 Å². The molecule has 0 radical (unpaired) electrons. The first-order valence-electron chi connectivity index (χ1n) is 4.80. The van der Waals surface area contributed by atoms with Crippen molar-refractivity contribution in [2.75, 3.05) is 11.9 Å². The Kier molecular flexibility index (Phi) is 3.58. The van der Waals surface area contributed by atoms with Gasteiger partial charge in [-0.05, 0) is 26.3 Å². The van der Waals surface area contributed by atoms with Crippen LogP contribution in [-0.2, 0) is 0 Å². The fourth-order valence-corrected chi connectivity index (χ4v) is 1.14. The molecule has 1 aromatic heterocycles. The zero-order valence-corrected chi connectivity index (χ0v) is 9.20. The molecule has 1 atom stereocenters. The monoisotopic (exact) mass is 205 g/mol. The molecular formula is C10H15N5. The average molecular weight is 205 g/mol. The highest BCUT2D eigenvalue weighted by Crippen LogP contribution is 2.17. The molecule has 0 amide bonds. The molecule has 0 spiro atoms. The Hall–Kier alpha value is -1.67. The van der Waals surface area contributed by atoms with E-state index in [1.807, 2.05) is 20.8 Å². The Morgan fingerprint density at radius 1 is 1.47 bits per heavy atom. The van der Waals surface area contributed by atoms with Gasteiger partial charge in [-0.1, -0.05) is 0 Å². The third-order valence-electron chi connectivity index (χ3n) is 2.30. The molecule has 0 aliphatic heterocycles. The summed E-state index contributed by atoms with van der Waals surface area (Å²) in [5.74, 6) is 0.513. The van der Waals surface area contributed by atoms with Gasteiger partial charge in [-0.2, -0.15) is 10.4 Å². The lowest BCUT2D eigenvalue weighted by atomic mass is 10.1. The van der Waals surface area contributed by atoms with Gasteiger partial charge in [-0.3, -0.25) is 0 Å². The Bertz CT molecular complexity index is 394. The predicted molar refractivity (Wildman–Crippen MR) is 58.4 cm³/mol. The maximum absolute atomic E-state index is 9.02. The van der Waals surface area contributed by atoms with Crippen molar-refractivity contribution in [1.82, 2.24) is 10.2 Å². The Morgan fingerprint density at radius 2 is 2.13 bits per heavy atom. The lowest BCUT2D eigenvalue weighted by Gasteiger charge is -2.13. The van der Waals surface area contributed by atoms with Crippen molar-refractivity contribution < 1.29 is 0 Å². The number of aromatic nitrogens is 2. The quantitative estimate of drug-likeness (QED) is 0.759. The zero-order valence-electron chi connectivity index (χ0n) is 9.20. The summed E-state index contributed by atoms with van der Waals surface area (Å²) in [7, 11) is 0. The van der Waals surface area contributed by atoms with Gasteiger partial charge in [0.2, 0.25) is 0 Å². The van der Waals surface area contributed by atoms with Crippen LogP contribution >= 0.6 is 0 Å². The van der Waals surface area contributed by atoms with Gasteiger partial charge in [0.05, 0.1) is 5.69 Å². The van der Waals surface area contributed by atoms with Gasteiger partial charge in [0, 0.05) is 12.6 Å². The molecule has 0 fully saturated rings. The van der Waals surface area contributed by atoms with E-state index in [1.54, 1.807) is 0 Å². The van der Waals surface area contributed by atoms with Gasteiger partial charge < -0.3 is 11.1 Å². The molecule has 1 heterocycles. The first kappa shape index (κ1) is 11.4. The fraction of sp³-hybridized carbons (Fsp3) is 0.500. The van der Waals surface area contributed by atoms with Crippen molar-refractivity contribution in [3.8, 4) is 6.07 Å². The number of hydrogen-bond acceptors (Lipinski definition) is 5. The summed E-state index contributed by atoms with van der Waals surface area (Å²) in [5, 5.41) is 20.0. The van der Waals surface area contributed by atoms with Crippen LogP contribution < -0.4 is 11.1 Å². The molecule has 0 aromatic carbocycles. The second-order valence-electron chi connectivity index (χ2n) is 3.53. The van der Waals surface area contributed by atoms with Crippen molar-refractivity contribution in [2.45, 2.75) is 26.8 Å². The van der Waals surface area contributed by atoms with E-state index < -0.39 is 0 Å². The smallest absolute Gasteiger partial charge is 0.167 e. The summed E-state index contributed by atoms with van der Waals surface area (Å²) >= 11 is 0. The molecule has 0 saturated heterocycles. The van der Waals surface area contributed by atoms with Gasteiger partial charge in [0.1, 0.15) is 11.6 Å². The summed E-state index contributed by atoms with van der Waals surface area (Å²) in [4.78, 5) is 0. The van der Waals surface area contributed by atoms with E-state index in [-0.39, 0.29) is 6.04 Å². The Morgan fingerprint density at radius 3 is 2.67 bits per heavy atom. The molecule has 0 bridgehead atoms. The van der Waals surface area contributed by atoms with Crippen LogP contribution in [0, 0.1) is 25.2 Å². The molecule has 1 aromatic rings. The topological polar surface area (TPSA) is 87.6 Å². The number of aryl methyl sites for hydroxylation is 1. The number of nitrogens with zero attached hydrogens (tertiary/aromatic N) is 3. The number of anilines is 1. The van der Waals surface area contributed by atoms with Crippen LogP contribution in [0.15, 0.2) is 0 Å². The van der Waals surface area contributed by atoms with E-state index in [4.69, 9.17) is 11.0 Å². The molecule has 1 rings (SSSR count). The molecule has 1 unspecified atom stereocenters. The Balaban J connectivity index is 3.09. The molecule has 0 aliphatic carbocycles. The SMILES string of the molecule is Cc1nnc(NC(C)CN)c(C#N)c1C. The van der Waals surface area contributed by atoms with E-state index in [0.717, 1.165) is 11.3 Å². The number of nitrogens with two attached hydrogens (primary N) is 1. The highest BCUT2D eigenvalue weighted by atomic mass is 15.2. The summed E-state index contributed by atoms with van der Waals surface area (Å²) < 4.78 is 0. The van der Waals surface area contributed by atoms with E-state index in [2.05, 4.69) is 21.6 Å². The number of nitrogens with one attached hydrogen (secondary N) is 1. The van der Waals surface area contributed by atoms with Crippen molar-refractivity contribution in [3.05, 3.63) is 16.8 Å². The van der Waals surface area contributed by atoms with E-state index in [1.165, 1.54) is 0 Å². The lowest BCUT2D eigenvalue weighted by molar-refractivity contribution is 0.788. The van der Waals surface area contributed by atoms with Crippen molar-refractivity contribution in [3.63, 3.8) is 0 Å². The van der Waals surface area contributed by atoms with Crippen LogP contribution in [0.25, 0.3) is 0 Å². The molecule has 80 valence electrons. The first-order valence-corrected chi connectivity index (χ1v) is 4.80. The van der Waals surface area contributed by atoms with Gasteiger partial charge in [0.25, 0.3) is 0 Å². The van der Waals surface area contributed by atoms with Crippen molar-refractivity contribution >= 4 is 5.82 Å². The molecule has 3 N–H and O–H groups in total. The van der Waals surface area contributed by atoms with E-state index >= 15 is 0 Å². The van der Waals surface area contributed by atoms with Crippen LogP contribution in [0.5, 0.6) is 0 Å². The average Bonchev–Trinajstić information content (AvgIpc) is 2.24. The summed E-state index contributed by atoms with van der Waals surface area (Å²) in [5.41, 5.74) is 7.67. The first-order chi connectivity index (χ1) is 7.10. The molecule has 0 aliphatic rings. The molecule has 5 heteroatoms. The minimum atomic E-state index is 0.0773. The van der Waals surface area contributed by atoms with Crippen LogP contribution in [-0.4, -0.2) is 22.8 Å². The van der Waals surface area contributed by atoms with E-state index in [9.17, 15) is 0 Å². The third kappa shape index (κ3) is 2.42. The van der Waals surface area contributed by atoms with Crippen LogP contribution in [0.1, 0.15) is 23.7 Å². The number of hydrogen-bond donors (Lipinski definition) is 2. The van der Waals surface area contributed by atoms with Crippen LogP contribution in [0.3, 0.4) is 0 Å². The Labute approximate surface area is 89.3 Å². The number of nitriles is 1. The van der Waals surface area contributed by atoms with Crippen LogP contribution in [0.2, 0.25) is 0 Å². The maximum atomic E-state index is 9.02. The second-order valence-corrected chi connectivity index (χ2v) is 3.53. The largest absolute Gasteiger partial charge is 0.364 e. The van der Waals surface area contributed by atoms with Gasteiger partial charge >= 0.3 is 0 Å². The second kappa shape index (κ2) is 4.71. The minimum absolute atomic E-state index is 0.0773. The van der Waals surface area contributed by atoms with E-state index in [0.29, 0.717) is 17.9 Å². The summed E-state index contributed by atoms with van der Waals surface area (Å²) in [6, 6.07) is 2.21. The molecule has 5 nitrogen and oxygen atoms in total. The normalized spacial score (nSPS) is 11.9. The zero-order chi connectivity index (χ0) is 11.4. The highest BCUT2D eigenvalue weighted by molar-refractivity contribution is 5.56. The number of rotatable bonds is 3. The minimum Gasteiger partial charge on any atom is -0.364 e. The highest BCUT2D eigenvalue weighted by Gasteiger charge is 2.11. The van der Waals surface area contributed by atoms with Crippen LogP contribution in [0.4, 0.5) is 5.82 Å². The van der Waals surface area contributed by atoms with Crippen molar-refractivity contribution in [2.24, 2.45) is 5.73 Å². The predicted octanol–water partition coefficient (Wildman–Crippen LogP) is 0.724. The molecule has 0 saturated carbocycles. The maximum Gasteiger partial charge on any atom is 0.167 e. The van der Waals surface area contributed by atoms with Crippen molar-refractivity contribution in [1.29, 1.82) is 5.26 Å². The molecule has 15 heavy (non-hydrogen) atoms. The fourth-order valence-electron chi connectivity index (χ4n) is 1.14.